The molecule has 0 radical (unpaired) electrons. The maximum atomic E-state index is 4.51. The Bertz CT molecular complexity index is 355. The molecule has 1 saturated carbocycles. The van der Waals surface area contributed by atoms with Gasteiger partial charge in [0.05, 0.1) is 0 Å². The average molecular weight is 266 g/mol. The molecule has 0 heterocycles. The van der Waals surface area contributed by atoms with Crippen LogP contribution in [0.15, 0.2) is 18.2 Å². The van der Waals surface area contributed by atoms with Crippen molar-refractivity contribution in [2.24, 2.45) is 5.41 Å². The van der Waals surface area contributed by atoms with Gasteiger partial charge in [-0.25, -0.2) is 0 Å². The van der Waals surface area contributed by atoms with Gasteiger partial charge >= 0.3 is 0 Å². The Kier molecular flexibility index (Phi) is 4.48. The molecule has 0 aromatic heterocycles. The van der Waals surface area contributed by atoms with Gasteiger partial charge in [0.15, 0.2) is 0 Å². The van der Waals surface area contributed by atoms with Crippen molar-refractivity contribution in [3.63, 3.8) is 0 Å². The predicted molar refractivity (Wildman–Crippen MR) is 82.2 cm³/mol. The van der Waals surface area contributed by atoms with Gasteiger partial charge in [-0.05, 0) is 43.4 Å². The average Bonchev–Trinajstić information content (AvgIpc) is 2.20. The lowest BCUT2D eigenvalue weighted by molar-refractivity contribution is 0.205. The zero-order valence-electron chi connectivity index (χ0n) is 10.8. The normalized spacial score (nSPS) is 17.8. The molecule has 1 aromatic carbocycles. The second kappa shape index (κ2) is 5.71. The molecule has 0 spiro atoms. The maximum absolute atomic E-state index is 4.51. The van der Waals surface area contributed by atoms with E-state index in [0.29, 0.717) is 5.41 Å². The van der Waals surface area contributed by atoms with Gasteiger partial charge in [0, 0.05) is 11.5 Å². The van der Waals surface area contributed by atoms with Crippen LogP contribution in [0, 0.1) is 19.3 Å². The Morgan fingerprint density at radius 1 is 1.18 bits per heavy atom. The van der Waals surface area contributed by atoms with Crippen LogP contribution in [-0.2, 0) is 5.75 Å². The van der Waals surface area contributed by atoms with E-state index in [1.165, 1.54) is 41.7 Å². The second-order valence-corrected chi connectivity index (χ2v) is 6.80. The monoisotopic (exact) mass is 266 g/mol. The van der Waals surface area contributed by atoms with E-state index in [4.69, 9.17) is 0 Å². The number of thiol groups is 1. The number of hydrogen-bond acceptors (Lipinski definition) is 2. The molecule has 2 rings (SSSR count). The summed E-state index contributed by atoms with van der Waals surface area (Å²) in [6.45, 7) is 4.37. The Morgan fingerprint density at radius 3 is 2.29 bits per heavy atom. The van der Waals surface area contributed by atoms with E-state index in [1.807, 2.05) is 0 Å². The van der Waals surface area contributed by atoms with Gasteiger partial charge in [-0.3, -0.25) is 0 Å². The van der Waals surface area contributed by atoms with Gasteiger partial charge in [0.2, 0.25) is 0 Å². The van der Waals surface area contributed by atoms with Gasteiger partial charge in [0.1, 0.15) is 0 Å². The fourth-order valence-corrected chi connectivity index (χ4v) is 4.47. The van der Waals surface area contributed by atoms with Crippen molar-refractivity contribution in [1.29, 1.82) is 0 Å². The lowest BCUT2D eigenvalue weighted by Gasteiger charge is -2.40. The van der Waals surface area contributed by atoms with Crippen molar-refractivity contribution in [2.45, 2.75) is 38.9 Å². The van der Waals surface area contributed by atoms with Crippen molar-refractivity contribution in [1.82, 2.24) is 0 Å². The molecule has 1 aromatic rings. The van der Waals surface area contributed by atoms with Crippen LogP contribution in [0.1, 0.15) is 36.0 Å². The third-order valence-electron chi connectivity index (χ3n) is 3.71. The van der Waals surface area contributed by atoms with Crippen LogP contribution in [0.4, 0.5) is 0 Å². The summed E-state index contributed by atoms with van der Waals surface area (Å²) in [6, 6.07) is 6.87. The summed E-state index contributed by atoms with van der Waals surface area (Å²) in [7, 11) is 0. The summed E-state index contributed by atoms with van der Waals surface area (Å²) < 4.78 is 0. The summed E-state index contributed by atoms with van der Waals surface area (Å²) in [5, 5.41) is 0. The van der Waals surface area contributed by atoms with Crippen LogP contribution in [0.5, 0.6) is 0 Å². The molecule has 0 N–H and O–H groups in total. The number of thioether (sulfide) groups is 1. The highest BCUT2D eigenvalue weighted by Gasteiger charge is 2.35. The topological polar surface area (TPSA) is 0 Å². The zero-order valence-corrected chi connectivity index (χ0v) is 12.5. The Labute approximate surface area is 115 Å². The van der Waals surface area contributed by atoms with Crippen LogP contribution < -0.4 is 0 Å². The van der Waals surface area contributed by atoms with Crippen LogP contribution in [0.2, 0.25) is 0 Å². The Hall–Kier alpha value is -0.0800. The highest BCUT2D eigenvalue weighted by atomic mass is 32.2. The predicted octanol–water partition coefficient (Wildman–Crippen LogP) is 4.64. The van der Waals surface area contributed by atoms with Gasteiger partial charge in [0.25, 0.3) is 0 Å². The van der Waals surface area contributed by atoms with Crippen molar-refractivity contribution in [3.05, 3.63) is 34.9 Å². The molecular formula is C15H22S2. The van der Waals surface area contributed by atoms with E-state index < -0.39 is 0 Å². The van der Waals surface area contributed by atoms with Crippen LogP contribution >= 0.6 is 24.4 Å². The molecule has 0 aliphatic heterocycles. The fraction of sp³-hybridized carbons (Fsp3) is 0.600. The lowest BCUT2D eigenvalue weighted by atomic mass is 9.72. The van der Waals surface area contributed by atoms with Crippen LogP contribution in [0.3, 0.4) is 0 Å². The van der Waals surface area contributed by atoms with Crippen LogP contribution in [0.25, 0.3) is 0 Å². The van der Waals surface area contributed by atoms with Gasteiger partial charge < -0.3 is 0 Å². The smallest absolute Gasteiger partial charge is 0.0184 e. The first kappa shape index (κ1) is 13.4. The first-order valence-electron chi connectivity index (χ1n) is 6.39. The first-order chi connectivity index (χ1) is 8.13. The summed E-state index contributed by atoms with van der Waals surface area (Å²) in [5.41, 5.74) is 4.80. The standard InChI is InChI=1S/C15H22S2/c1-12-6-13(2)8-14(7-12)9-17-11-15(10-16)4-3-5-15/h6-8,16H,3-5,9-11H2,1-2H3. The summed E-state index contributed by atoms with van der Waals surface area (Å²) in [6.07, 6.45) is 4.18. The van der Waals surface area contributed by atoms with E-state index in [2.05, 4.69) is 56.4 Å². The fourth-order valence-electron chi connectivity index (χ4n) is 2.56. The summed E-state index contributed by atoms with van der Waals surface area (Å²) in [5.74, 6) is 3.49. The number of benzene rings is 1. The molecule has 0 atom stereocenters. The molecule has 0 nitrogen and oxygen atoms in total. The molecule has 17 heavy (non-hydrogen) atoms. The van der Waals surface area contributed by atoms with E-state index in [1.54, 1.807) is 0 Å². The summed E-state index contributed by atoms with van der Waals surface area (Å²) in [4.78, 5) is 0. The molecule has 2 heteroatoms. The highest BCUT2D eigenvalue weighted by molar-refractivity contribution is 7.98. The van der Waals surface area contributed by atoms with E-state index >= 15 is 0 Å². The Balaban J connectivity index is 1.85. The third-order valence-corrected chi connectivity index (χ3v) is 5.73. The van der Waals surface area contributed by atoms with E-state index in [0.717, 1.165) is 11.5 Å². The zero-order chi connectivity index (χ0) is 12.3. The van der Waals surface area contributed by atoms with E-state index in [9.17, 15) is 0 Å². The number of rotatable bonds is 5. The summed E-state index contributed by atoms with van der Waals surface area (Å²) >= 11 is 6.59. The van der Waals surface area contributed by atoms with Gasteiger partial charge in [-0.1, -0.05) is 35.7 Å². The molecule has 1 aliphatic rings. The molecule has 0 bridgehead atoms. The third kappa shape index (κ3) is 3.45. The second-order valence-electron chi connectivity index (χ2n) is 5.50. The number of aryl methyl sites for hydroxylation is 2. The van der Waals surface area contributed by atoms with Crippen molar-refractivity contribution in [3.8, 4) is 0 Å². The molecule has 0 unspecified atom stereocenters. The largest absolute Gasteiger partial charge is 0.179 e. The quantitative estimate of drug-likeness (QED) is 0.758. The van der Waals surface area contributed by atoms with Crippen molar-refractivity contribution in [2.75, 3.05) is 11.5 Å². The first-order valence-corrected chi connectivity index (χ1v) is 8.18. The minimum Gasteiger partial charge on any atom is -0.179 e. The van der Waals surface area contributed by atoms with E-state index in [-0.39, 0.29) is 0 Å². The molecule has 1 aliphatic carbocycles. The van der Waals surface area contributed by atoms with Crippen molar-refractivity contribution >= 4 is 24.4 Å². The minimum atomic E-state index is 0.562. The number of hydrogen-bond donors (Lipinski definition) is 1. The maximum Gasteiger partial charge on any atom is 0.0184 e. The molecule has 0 amide bonds. The van der Waals surface area contributed by atoms with Gasteiger partial charge in [-0.15, -0.1) is 0 Å². The minimum absolute atomic E-state index is 0.562. The lowest BCUT2D eigenvalue weighted by Crippen LogP contribution is -2.33. The van der Waals surface area contributed by atoms with Crippen molar-refractivity contribution < 1.29 is 0 Å². The SMILES string of the molecule is Cc1cc(C)cc(CSCC2(CS)CCC2)c1. The molecule has 94 valence electrons. The van der Waals surface area contributed by atoms with Crippen LogP contribution in [-0.4, -0.2) is 11.5 Å². The Morgan fingerprint density at radius 2 is 1.82 bits per heavy atom. The molecule has 1 fully saturated rings. The highest BCUT2D eigenvalue weighted by Crippen LogP contribution is 2.44. The molecule has 0 saturated heterocycles. The van der Waals surface area contributed by atoms with Gasteiger partial charge in [-0.2, -0.15) is 24.4 Å². The molecular weight excluding hydrogens is 244 g/mol.